The molecule has 0 saturated heterocycles. The summed E-state index contributed by atoms with van der Waals surface area (Å²) in [6.07, 6.45) is 0. The van der Waals surface area contributed by atoms with Crippen LogP contribution in [0, 0.1) is 13.8 Å². The van der Waals surface area contributed by atoms with E-state index in [1.54, 1.807) is 11.3 Å². The molecule has 5 heteroatoms. The number of aryl methyl sites for hydroxylation is 2. The number of thiophene rings is 2. The Labute approximate surface area is 127 Å². The van der Waals surface area contributed by atoms with Gasteiger partial charge in [0.2, 0.25) is 0 Å². The van der Waals surface area contributed by atoms with Crippen LogP contribution in [0.3, 0.4) is 0 Å². The fraction of sp³-hybridized carbons (Fsp3) is 0.429. The number of hydrogen-bond acceptors (Lipinski definition) is 4. The van der Waals surface area contributed by atoms with Crippen LogP contribution in [0.15, 0.2) is 18.2 Å². The van der Waals surface area contributed by atoms with Gasteiger partial charge in [-0.05, 0) is 44.7 Å². The van der Waals surface area contributed by atoms with Crippen molar-refractivity contribution in [3.8, 4) is 0 Å². The van der Waals surface area contributed by atoms with Crippen molar-refractivity contribution in [2.75, 3.05) is 13.6 Å². The van der Waals surface area contributed by atoms with E-state index in [4.69, 9.17) is 17.3 Å². The molecule has 0 saturated carbocycles. The van der Waals surface area contributed by atoms with Crippen LogP contribution in [0.1, 0.15) is 26.2 Å². The van der Waals surface area contributed by atoms with E-state index in [0.717, 1.165) is 10.9 Å². The molecule has 0 fully saturated rings. The lowest BCUT2D eigenvalue weighted by Crippen LogP contribution is -2.30. The van der Waals surface area contributed by atoms with Crippen LogP contribution in [0.4, 0.5) is 0 Å². The minimum Gasteiger partial charge on any atom is -0.329 e. The first-order chi connectivity index (χ1) is 9.01. The van der Waals surface area contributed by atoms with E-state index in [1.165, 1.54) is 20.2 Å². The zero-order valence-corrected chi connectivity index (χ0v) is 13.8. The minimum atomic E-state index is 0.269. The van der Waals surface area contributed by atoms with Gasteiger partial charge in [0.05, 0.1) is 4.34 Å². The summed E-state index contributed by atoms with van der Waals surface area (Å²) in [5, 5.41) is 0. The first-order valence-corrected chi connectivity index (χ1v) is 8.23. The van der Waals surface area contributed by atoms with Gasteiger partial charge in [0.1, 0.15) is 0 Å². The van der Waals surface area contributed by atoms with Gasteiger partial charge in [0, 0.05) is 33.8 Å². The normalized spacial score (nSPS) is 13.2. The van der Waals surface area contributed by atoms with Crippen molar-refractivity contribution in [2.45, 2.75) is 26.4 Å². The summed E-state index contributed by atoms with van der Waals surface area (Å²) in [5.74, 6) is 0. The number of halogens is 1. The van der Waals surface area contributed by atoms with Crippen molar-refractivity contribution in [1.29, 1.82) is 0 Å². The summed E-state index contributed by atoms with van der Waals surface area (Å²) < 4.78 is 0.843. The molecule has 0 aliphatic rings. The van der Waals surface area contributed by atoms with Crippen LogP contribution in [-0.4, -0.2) is 18.5 Å². The Morgan fingerprint density at radius 3 is 2.53 bits per heavy atom. The van der Waals surface area contributed by atoms with Gasteiger partial charge in [-0.2, -0.15) is 0 Å². The van der Waals surface area contributed by atoms with Gasteiger partial charge in [-0.3, -0.25) is 4.90 Å². The molecule has 0 spiro atoms. The van der Waals surface area contributed by atoms with E-state index in [0.29, 0.717) is 6.54 Å². The quantitative estimate of drug-likeness (QED) is 0.895. The molecular weight excluding hydrogens is 296 g/mol. The van der Waals surface area contributed by atoms with Crippen LogP contribution >= 0.6 is 34.3 Å². The van der Waals surface area contributed by atoms with Crippen molar-refractivity contribution in [3.63, 3.8) is 0 Å². The van der Waals surface area contributed by atoms with Gasteiger partial charge in [-0.1, -0.05) is 11.6 Å². The number of nitrogens with two attached hydrogens (primary N) is 1. The Kier molecular flexibility index (Phi) is 5.03. The van der Waals surface area contributed by atoms with E-state index in [2.05, 4.69) is 37.9 Å². The largest absolute Gasteiger partial charge is 0.329 e. The highest BCUT2D eigenvalue weighted by atomic mass is 35.5. The first-order valence-electron chi connectivity index (χ1n) is 6.22. The molecule has 2 aromatic rings. The fourth-order valence-corrected chi connectivity index (χ4v) is 4.45. The van der Waals surface area contributed by atoms with Crippen LogP contribution in [0.25, 0.3) is 0 Å². The summed E-state index contributed by atoms with van der Waals surface area (Å²) in [4.78, 5) is 6.29. The lowest BCUT2D eigenvalue weighted by atomic mass is 10.1. The molecule has 0 amide bonds. The van der Waals surface area contributed by atoms with E-state index < -0.39 is 0 Å². The molecule has 19 heavy (non-hydrogen) atoms. The molecule has 0 radical (unpaired) electrons. The average molecular weight is 315 g/mol. The van der Waals surface area contributed by atoms with Crippen molar-refractivity contribution in [1.82, 2.24) is 4.90 Å². The maximum Gasteiger partial charge on any atom is 0.0931 e. The molecule has 2 N–H and O–H groups in total. The molecule has 0 aliphatic carbocycles. The van der Waals surface area contributed by atoms with Crippen molar-refractivity contribution in [3.05, 3.63) is 42.7 Å². The Bertz CT molecular complexity index is 547. The second-order valence-electron chi connectivity index (χ2n) is 4.74. The molecule has 2 heterocycles. The molecule has 0 bridgehead atoms. The lowest BCUT2D eigenvalue weighted by molar-refractivity contribution is 0.243. The van der Waals surface area contributed by atoms with Crippen LogP contribution in [0.2, 0.25) is 4.34 Å². The fourth-order valence-electron chi connectivity index (χ4n) is 2.32. The van der Waals surface area contributed by atoms with Gasteiger partial charge in [-0.15, -0.1) is 22.7 Å². The monoisotopic (exact) mass is 314 g/mol. The second-order valence-corrected chi connectivity index (χ2v) is 8.00. The third kappa shape index (κ3) is 3.58. The summed E-state index contributed by atoms with van der Waals surface area (Å²) in [5.41, 5.74) is 7.34. The van der Waals surface area contributed by atoms with Crippen LogP contribution in [-0.2, 0) is 6.54 Å². The molecule has 1 atom stereocenters. The Morgan fingerprint density at radius 2 is 2.05 bits per heavy atom. The topological polar surface area (TPSA) is 29.3 Å². The van der Waals surface area contributed by atoms with Crippen molar-refractivity contribution < 1.29 is 0 Å². The number of nitrogens with zero attached hydrogens (tertiary/aromatic N) is 1. The van der Waals surface area contributed by atoms with E-state index in [9.17, 15) is 0 Å². The van der Waals surface area contributed by atoms with Gasteiger partial charge in [-0.25, -0.2) is 0 Å². The Balaban J connectivity index is 2.15. The van der Waals surface area contributed by atoms with Crippen molar-refractivity contribution in [2.24, 2.45) is 5.73 Å². The van der Waals surface area contributed by atoms with Gasteiger partial charge >= 0.3 is 0 Å². The molecule has 0 aromatic carbocycles. The molecule has 104 valence electrons. The Hall–Kier alpha value is -0.390. The third-order valence-electron chi connectivity index (χ3n) is 3.23. The van der Waals surface area contributed by atoms with E-state index in [-0.39, 0.29) is 6.04 Å². The van der Waals surface area contributed by atoms with Crippen molar-refractivity contribution >= 4 is 34.3 Å². The predicted octanol–water partition coefficient (Wildman–Crippen LogP) is 4.21. The van der Waals surface area contributed by atoms with Gasteiger partial charge < -0.3 is 5.73 Å². The number of hydrogen-bond donors (Lipinski definition) is 1. The van der Waals surface area contributed by atoms with Gasteiger partial charge in [0.15, 0.2) is 0 Å². The number of rotatable bonds is 5. The maximum absolute atomic E-state index is 5.98. The summed E-state index contributed by atoms with van der Waals surface area (Å²) in [6, 6.07) is 6.57. The smallest absolute Gasteiger partial charge is 0.0931 e. The number of likely N-dealkylation sites (N-methyl/N-ethyl adjacent to an activating group) is 1. The first kappa shape index (κ1) is 15.0. The SMILES string of the molecule is Cc1cc(C(CN)N(C)Cc2ccc(Cl)s2)c(C)s1. The minimum absolute atomic E-state index is 0.269. The molecule has 2 rings (SSSR count). The highest BCUT2D eigenvalue weighted by molar-refractivity contribution is 7.16. The summed E-state index contributed by atoms with van der Waals surface area (Å²) in [7, 11) is 2.12. The highest BCUT2D eigenvalue weighted by Crippen LogP contribution is 2.31. The average Bonchev–Trinajstić information content (AvgIpc) is 2.87. The zero-order valence-electron chi connectivity index (χ0n) is 11.4. The second kappa shape index (κ2) is 6.37. The van der Waals surface area contributed by atoms with Gasteiger partial charge in [0.25, 0.3) is 0 Å². The Morgan fingerprint density at radius 1 is 1.32 bits per heavy atom. The lowest BCUT2D eigenvalue weighted by Gasteiger charge is -2.26. The van der Waals surface area contributed by atoms with Crippen LogP contribution < -0.4 is 5.73 Å². The molecule has 0 aliphatic heterocycles. The van der Waals surface area contributed by atoms with E-state index in [1.807, 2.05) is 17.4 Å². The summed E-state index contributed by atoms with van der Waals surface area (Å²) >= 11 is 9.45. The standard InChI is InChI=1S/C14H19ClN2S2/c1-9-6-12(10(2)18-9)13(7-16)17(3)8-11-4-5-14(15)19-11/h4-6,13H,7-8,16H2,1-3H3. The van der Waals surface area contributed by atoms with Crippen LogP contribution in [0.5, 0.6) is 0 Å². The highest BCUT2D eigenvalue weighted by Gasteiger charge is 2.19. The maximum atomic E-state index is 5.98. The molecule has 2 aromatic heterocycles. The molecule has 2 nitrogen and oxygen atoms in total. The molecular formula is C14H19ClN2S2. The van der Waals surface area contributed by atoms with E-state index >= 15 is 0 Å². The zero-order chi connectivity index (χ0) is 14.0. The third-order valence-corrected chi connectivity index (χ3v) is 5.43. The molecule has 1 unspecified atom stereocenters. The predicted molar refractivity (Wildman–Crippen MR) is 86.4 cm³/mol. The summed E-state index contributed by atoms with van der Waals surface area (Å²) in [6.45, 7) is 5.83.